The molecule has 0 heteroatoms. The second-order valence-electron chi connectivity index (χ2n) is 2.43. The van der Waals surface area contributed by atoms with Crippen LogP contribution in [-0.2, 0) is 0 Å². The van der Waals surface area contributed by atoms with Crippen molar-refractivity contribution in [3.8, 4) is 0 Å². The molecule has 1 aliphatic rings. The molecule has 0 bridgehead atoms. The fraction of sp³-hybridized carbons (Fsp3) is 0.500. The lowest BCUT2D eigenvalue weighted by atomic mass is 10.2. The molecule has 1 unspecified atom stereocenters. The molecule has 1 rings (SSSR count). The van der Waals surface area contributed by atoms with Gasteiger partial charge in [-0.3, -0.25) is 0 Å². The first-order valence-corrected chi connectivity index (χ1v) is 3.13. The topological polar surface area (TPSA) is 0 Å². The van der Waals surface area contributed by atoms with Gasteiger partial charge in [0, 0.05) is 0 Å². The Labute approximate surface area is 50.9 Å². The van der Waals surface area contributed by atoms with E-state index in [1.165, 1.54) is 18.4 Å². The number of allylic oxidation sites excluding steroid dienone is 2. The lowest BCUT2D eigenvalue weighted by Gasteiger charge is -1.85. The van der Waals surface area contributed by atoms with Gasteiger partial charge in [0.15, 0.2) is 0 Å². The van der Waals surface area contributed by atoms with Gasteiger partial charge >= 0.3 is 0 Å². The standard InChI is InChI=1S/C8H12/c1-3-4-5-8-6-7(8)2/h3,8H,1-2,4-6H2. The lowest BCUT2D eigenvalue weighted by molar-refractivity contribution is 0.765. The minimum Gasteiger partial charge on any atom is -0.103 e. The Hall–Kier alpha value is -0.520. The fourth-order valence-electron chi connectivity index (χ4n) is 0.883. The Bertz CT molecular complexity index is 111. The van der Waals surface area contributed by atoms with E-state index in [4.69, 9.17) is 0 Å². The average molecular weight is 108 g/mol. The number of hydrogen-bond donors (Lipinski definition) is 0. The summed E-state index contributed by atoms with van der Waals surface area (Å²) >= 11 is 0. The highest BCUT2D eigenvalue weighted by Gasteiger charge is 2.25. The van der Waals surface area contributed by atoms with E-state index in [1.807, 2.05) is 6.08 Å². The van der Waals surface area contributed by atoms with Gasteiger partial charge in [-0.2, -0.15) is 0 Å². The highest BCUT2D eigenvalue weighted by Crippen LogP contribution is 2.39. The van der Waals surface area contributed by atoms with Crippen LogP contribution in [0, 0.1) is 5.92 Å². The van der Waals surface area contributed by atoms with Crippen LogP contribution in [0.5, 0.6) is 0 Å². The second-order valence-corrected chi connectivity index (χ2v) is 2.43. The Balaban J connectivity index is 2.05. The Morgan fingerprint density at radius 1 is 1.75 bits per heavy atom. The molecule has 1 saturated carbocycles. The van der Waals surface area contributed by atoms with Gasteiger partial charge in [-0.25, -0.2) is 0 Å². The van der Waals surface area contributed by atoms with Crippen LogP contribution in [0.1, 0.15) is 19.3 Å². The quantitative estimate of drug-likeness (QED) is 0.487. The Morgan fingerprint density at radius 3 is 2.75 bits per heavy atom. The molecule has 0 aliphatic heterocycles. The summed E-state index contributed by atoms with van der Waals surface area (Å²) in [6.07, 6.45) is 5.69. The van der Waals surface area contributed by atoms with Gasteiger partial charge in [-0.1, -0.05) is 18.2 Å². The summed E-state index contributed by atoms with van der Waals surface area (Å²) < 4.78 is 0. The molecule has 0 saturated heterocycles. The van der Waals surface area contributed by atoms with Crippen LogP contribution in [0.2, 0.25) is 0 Å². The van der Waals surface area contributed by atoms with Gasteiger partial charge in [0.25, 0.3) is 0 Å². The van der Waals surface area contributed by atoms with Gasteiger partial charge < -0.3 is 0 Å². The van der Waals surface area contributed by atoms with Crippen molar-refractivity contribution < 1.29 is 0 Å². The zero-order valence-corrected chi connectivity index (χ0v) is 5.19. The SMILES string of the molecule is C=CCCC1CC1=C. The maximum atomic E-state index is 3.87. The summed E-state index contributed by atoms with van der Waals surface area (Å²) in [5.74, 6) is 0.855. The normalized spacial score (nSPS) is 25.5. The molecular formula is C8H12. The van der Waals surface area contributed by atoms with Crippen LogP contribution in [0.4, 0.5) is 0 Å². The monoisotopic (exact) mass is 108 g/mol. The van der Waals surface area contributed by atoms with Gasteiger partial charge in [-0.05, 0) is 25.2 Å². The minimum absolute atomic E-state index is 0.855. The number of hydrogen-bond acceptors (Lipinski definition) is 0. The van der Waals surface area contributed by atoms with Crippen molar-refractivity contribution in [2.45, 2.75) is 19.3 Å². The van der Waals surface area contributed by atoms with Crippen molar-refractivity contribution in [3.05, 3.63) is 24.8 Å². The summed E-state index contributed by atoms with van der Waals surface area (Å²) in [5.41, 5.74) is 1.44. The third-order valence-electron chi connectivity index (χ3n) is 1.65. The zero-order chi connectivity index (χ0) is 5.98. The molecule has 1 atom stereocenters. The van der Waals surface area contributed by atoms with Crippen LogP contribution in [-0.4, -0.2) is 0 Å². The summed E-state index contributed by atoms with van der Waals surface area (Å²) in [4.78, 5) is 0. The maximum Gasteiger partial charge on any atom is -0.0166 e. The van der Waals surface area contributed by atoms with E-state index >= 15 is 0 Å². The van der Waals surface area contributed by atoms with Crippen LogP contribution in [0.3, 0.4) is 0 Å². The Kier molecular flexibility index (Phi) is 1.52. The molecule has 1 fully saturated rings. The summed E-state index contributed by atoms with van der Waals surface area (Å²) in [5, 5.41) is 0. The molecule has 8 heavy (non-hydrogen) atoms. The first-order valence-electron chi connectivity index (χ1n) is 3.13. The molecule has 0 spiro atoms. The molecule has 0 aromatic heterocycles. The van der Waals surface area contributed by atoms with E-state index in [9.17, 15) is 0 Å². The van der Waals surface area contributed by atoms with Gasteiger partial charge in [-0.15, -0.1) is 6.58 Å². The number of rotatable bonds is 3. The molecular weight excluding hydrogens is 96.1 g/mol. The van der Waals surface area contributed by atoms with Crippen molar-refractivity contribution in [1.82, 2.24) is 0 Å². The molecule has 44 valence electrons. The molecule has 0 radical (unpaired) electrons. The second kappa shape index (κ2) is 2.17. The average Bonchev–Trinajstić information content (AvgIpc) is 2.42. The molecule has 0 aromatic rings. The highest BCUT2D eigenvalue weighted by molar-refractivity contribution is 5.18. The molecule has 0 aromatic carbocycles. The van der Waals surface area contributed by atoms with E-state index in [0.717, 1.165) is 12.3 Å². The summed E-state index contributed by atoms with van der Waals surface area (Å²) in [7, 11) is 0. The van der Waals surface area contributed by atoms with Crippen LogP contribution in [0.25, 0.3) is 0 Å². The van der Waals surface area contributed by atoms with E-state index < -0.39 is 0 Å². The van der Waals surface area contributed by atoms with Crippen molar-refractivity contribution >= 4 is 0 Å². The van der Waals surface area contributed by atoms with Crippen molar-refractivity contribution in [2.24, 2.45) is 5.92 Å². The lowest BCUT2D eigenvalue weighted by Crippen LogP contribution is -1.71. The molecule has 0 N–H and O–H groups in total. The molecule has 0 amide bonds. The first kappa shape index (κ1) is 5.61. The van der Waals surface area contributed by atoms with Gasteiger partial charge in [0.2, 0.25) is 0 Å². The van der Waals surface area contributed by atoms with Crippen LogP contribution in [0.15, 0.2) is 24.8 Å². The fourth-order valence-corrected chi connectivity index (χ4v) is 0.883. The minimum atomic E-state index is 0.855. The summed E-state index contributed by atoms with van der Waals surface area (Å²) in [6, 6.07) is 0. The van der Waals surface area contributed by atoms with E-state index in [1.54, 1.807) is 0 Å². The van der Waals surface area contributed by atoms with Crippen molar-refractivity contribution in [3.63, 3.8) is 0 Å². The van der Waals surface area contributed by atoms with Crippen LogP contribution >= 0.6 is 0 Å². The molecule has 1 aliphatic carbocycles. The van der Waals surface area contributed by atoms with Gasteiger partial charge in [0.1, 0.15) is 0 Å². The summed E-state index contributed by atoms with van der Waals surface area (Å²) in [6.45, 7) is 7.52. The third-order valence-corrected chi connectivity index (χ3v) is 1.65. The zero-order valence-electron chi connectivity index (χ0n) is 5.19. The van der Waals surface area contributed by atoms with E-state index in [2.05, 4.69) is 13.2 Å². The third kappa shape index (κ3) is 1.22. The van der Waals surface area contributed by atoms with E-state index in [-0.39, 0.29) is 0 Å². The Morgan fingerprint density at radius 2 is 2.38 bits per heavy atom. The predicted octanol–water partition coefficient (Wildman–Crippen LogP) is 2.53. The van der Waals surface area contributed by atoms with Gasteiger partial charge in [0.05, 0.1) is 0 Å². The smallest absolute Gasteiger partial charge is 0.0166 e. The molecule has 0 nitrogen and oxygen atoms in total. The van der Waals surface area contributed by atoms with Crippen LogP contribution < -0.4 is 0 Å². The van der Waals surface area contributed by atoms with Crippen molar-refractivity contribution in [2.75, 3.05) is 0 Å². The van der Waals surface area contributed by atoms with E-state index in [0.29, 0.717) is 0 Å². The largest absolute Gasteiger partial charge is 0.103 e. The first-order chi connectivity index (χ1) is 3.84. The molecule has 0 heterocycles. The highest BCUT2D eigenvalue weighted by atomic mass is 14.3. The van der Waals surface area contributed by atoms with Crippen molar-refractivity contribution in [1.29, 1.82) is 0 Å². The maximum absolute atomic E-state index is 3.87. The predicted molar refractivity (Wildman–Crippen MR) is 36.7 cm³/mol.